The Kier molecular flexibility index (Phi) is 3.66. The number of imidazole rings is 1. The second kappa shape index (κ2) is 5.59. The van der Waals surface area contributed by atoms with Crippen molar-refractivity contribution in [3.8, 4) is 0 Å². The summed E-state index contributed by atoms with van der Waals surface area (Å²) in [6.07, 6.45) is 2.91. The third kappa shape index (κ3) is 2.88. The van der Waals surface area contributed by atoms with Gasteiger partial charge in [0.25, 0.3) is 0 Å². The molecule has 1 saturated heterocycles. The van der Waals surface area contributed by atoms with E-state index in [0.717, 1.165) is 49.4 Å². The minimum Gasteiger partial charge on any atom is -0.385 e. The van der Waals surface area contributed by atoms with E-state index in [1.165, 1.54) is 0 Å². The number of hydrogen-bond donors (Lipinski definition) is 2. The summed E-state index contributed by atoms with van der Waals surface area (Å²) >= 11 is 0. The molecule has 5 heteroatoms. The number of ether oxygens (including phenoxy) is 1. The lowest BCUT2D eigenvalue weighted by Crippen LogP contribution is -2.42. The first-order valence-electron chi connectivity index (χ1n) is 6.79. The van der Waals surface area contributed by atoms with Crippen LogP contribution in [0.1, 0.15) is 6.42 Å². The predicted molar refractivity (Wildman–Crippen MR) is 76.4 cm³/mol. The lowest BCUT2D eigenvalue weighted by molar-refractivity contribution is 0.0753. The Balaban J connectivity index is 1.56. The molecule has 1 fully saturated rings. The van der Waals surface area contributed by atoms with E-state index in [1.54, 1.807) is 0 Å². The number of hydrogen-bond acceptors (Lipinski definition) is 4. The number of aryl methyl sites for hydroxylation is 1. The maximum absolute atomic E-state index is 5.44. The van der Waals surface area contributed by atoms with E-state index in [-0.39, 0.29) is 0 Å². The molecule has 1 aromatic heterocycles. The highest BCUT2D eigenvalue weighted by Crippen LogP contribution is 2.17. The number of rotatable bonds is 4. The van der Waals surface area contributed by atoms with Gasteiger partial charge in [-0.05, 0) is 24.6 Å². The second-order valence-corrected chi connectivity index (χ2v) is 5.00. The lowest BCUT2D eigenvalue weighted by Gasteiger charge is -2.23. The zero-order chi connectivity index (χ0) is 13.1. The van der Waals surface area contributed by atoms with Crippen LogP contribution < -0.4 is 10.6 Å². The van der Waals surface area contributed by atoms with Crippen LogP contribution in [-0.4, -0.2) is 41.9 Å². The molecule has 1 aromatic carbocycles. The summed E-state index contributed by atoms with van der Waals surface area (Å²) in [6, 6.07) is 6.78. The Bertz CT molecular complexity index is 545. The maximum atomic E-state index is 5.44. The van der Waals surface area contributed by atoms with Crippen LogP contribution >= 0.6 is 0 Å². The molecule has 0 saturated carbocycles. The van der Waals surface area contributed by atoms with E-state index in [1.807, 2.05) is 17.9 Å². The van der Waals surface area contributed by atoms with Gasteiger partial charge in [-0.1, -0.05) is 0 Å². The number of benzene rings is 1. The molecule has 1 aliphatic heterocycles. The molecule has 2 aromatic rings. The molecule has 0 spiro atoms. The van der Waals surface area contributed by atoms with Gasteiger partial charge < -0.3 is 19.9 Å². The van der Waals surface area contributed by atoms with E-state index >= 15 is 0 Å². The monoisotopic (exact) mass is 260 g/mol. The SMILES string of the molecule is Cn1cnc2cc(NCCC3COCCN3)ccc21. The summed E-state index contributed by atoms with van der Waals surface area (Å²) in [5, 5.41) is 6.91. The van der Waals surface area contributed by atoms with Crippen LogP contribution in [0.2, 0.25) is 0 Å². The van der Waals surface area contributed by atoms with Gasteiger partial charge in [0.1, 0.15) is 0 Å². The molecular formula is C14H20N4O. The zero-order valence-corrected chi connectivity index (χ0v) is 11.2. The molecular weight excluding hydrogens is 240 g/mol. The van der Waals surface area contributed by atoms with Crippen LogP contribution in [-0.2, 0) is 11.8 Å². The molecule has 0 aliphatic carbocycles. The molecule has 1 unspecified atom stereocenters. The molecule has 3 rings (SSSR count). The van der Waals surface area contributed by atoms with Crippen molar-refractivity contribution in [3.05, 3.63) is 24.5 Å². The molecule has 1 aliphatic rings. The predicted octanol–water partition coefficient (Wildman–Crippen LogP) is 1.36. The highest BCUT2D eigenvalue weighted by Gasteiger charge is 2.11. The molecule has 0 radical (unpaired) electrons. The van der Waals surface area contributed by atoms with Gasteiger partial charge in [0, 0.05) is 31.9 Å². The minimum absolute atomic E-state index is 0.472. The van der Waals surface area contributed by atoms with Crippen molar-refractivity contribution in [2.24, 2.45) is 7.05 Å². The molecule has 1 atom stereocenters. The van der Waals surface area contributed by atoms with E-state index in [2.05, 4.69) is 33.8 Å². The Morgan fingerprint density at radius 2 is 2.47 bits per heavy atom. The molecule has 2 N–H and O–H groups in total. The van der Waals surface area contributed by atoms with Gasteiger partial charge in [-0.25, -0.2) is 4.98 Å². The summed E-state index contributed by atoms with van der Waals surface area (Å²) in [6.45, 7) is 3.56. The summed E-state index contributed by atoms with van der Waals surface area (Å²) in [7, 11) is 2.01. The largest absolute Gasteiger partial charge is 0.385 e. The number of anilines is 1. The van der Waals surface area contributed by atoms with Crippen LogP contribution in [0, 0.1) is 0 Å². The van der Waals surface area contributed by atoms with Gasteiger partial charge in [0.2, 0.25) is 0 Å². The van der Waals surface area contributed by atoms with Crippen molar-refractivity contribution >= 4 is 16.7 Å². The molecule has 102 valence electrons. The third-order valence-electron chi connectivity index (χ3n) is 3.55. The van der Waals surface area contributed by atoms with E-state index in [9.17, 15) is 0 Å². The summed E-state index contributed by atoms with van der Waals surface area (Å²) in [5.74, 6) is 0. The fraction of sp³-hybridized carbons (Fsp3) is 0.500. The van der Waals surface area contributed by atoms with Gasteiger partial charge in [-0.15, -0.1) is 0 Å². The Morgan fingerprint density at radius 3 is 3.32 bits per heavy atom. The Labute approximate surface area is 113 Å². The van der Waals surface area contributed by atoms with Crippen LogP contribution in [0.3, 0.4) is 0 Å². The van der Waals surface area contributed by atoms with E-state index in [4.69, 9.17) is 4.74 Å². The fourth-order valence-corrected chi connectivity index (χ4v) is 2.44. The number of fused-ring (bicyclic) bond motifs is 1. The van der Waals surface area contributed by atoms with Crippen molar-refractivity contribution in [3.63, 3.8) is 0 Å². The average molecular weight is 260 g/mol. The summed E-state index contributed by atoms with van der Waals surface area (Å²) in [4.78, 5) is 4.37. The molecule has 2 heterocycles. The highest BCUT2D eigenvalue weighted by atomic mass is 16.5. The smallest absolute Gasteiger partial charge is 0.0955 e. The average Bonchev–Trinajstić information content (AvgIpc) is 2.81. The van der Waals surface area contributed by atoms with Crippen molar-refractivity contribution < 1.29 is 4.74 Å². The van der Waals surface area contributed by atoms with Crippen LogP contribution in [0.5, 0.6) is 0 Å². The van der Waals surface area contributed by atoms with Crippen LogP contribution in [0.15, 0.2) is 24.5 Å². The van der Waals surface area contributed by atoms with Crippen LogP contribution in [0.25, 0.3) is 11.0 Å². The zero-order valence-electron chi connectivity index (χ0n) is 11.2. The fourth-order valence-electron chi connectivity index (χ4n) is 2.44. The van der Waals surface area contributed by atoms with Gasteiger partial charge in [-0.2, -0.15) is 0 Å². The number of nitrogens with zero attached hydrogens (tertiary/aromatic N) is 2. The summed E-state index contributed by atoms with van der Waals surface area (Å²) in [5.41, 5.74) is 3.32. The summed E-state index contributed by atoms with van der Waals surface area (Å²) < 4.78 is 7.47. The first kappa shape index (κ1) is 12.4. The third-order valence-corrected chi connectivity index (χ3v) is 3.55. The van der Waals surface area contributed by atoms with Gasteiger partial charge >= 0.3 is 0 Å². The molecule has 19 heavy (non-hydrogen) atoms. The lowest BCUT2D eigenvalue weighted by atomic mass is 10.2. The number of nitrogens with one attached hydrogen (secondary N) is 2. The van der Waals surface area contributed by atoms with Crippen molar-refractivity contribution in [2.75, 3.05) is 31.6 Å². The normalized spacial score (nSPS) is 19.7. The standard InChI is InChI=1S/C14H20N4O/c1-18-10-17-13-8-11(2-3-14(13)18)15-5-4-12-9-19-7-6-16-12/h2-3,8,10,12,15-16H,4-7,9H2,1H3. The topological polar surface area (TPSA) is 51.1 Å². The Hall–Kier alpha value is -1.59. The first-order valence-corrected chi connectivity index (χ1v) is 6.79. The van der Waals surface area contributed by atoms with E-state index < -0.39 is 0 Å². The highest BCUT2D eigenvalue weighted by molar-refractivity contribution is 5.79. The van der Waals surface area contributed by atoms with Gasteiger partial charge in [0.05, 0.1) is 30.6 Å². The number of morpholine rings is 1. The van der Waals surface area contributed by atoms with Gasteiger partial charge in [0.15, 0.2) is 0 Å². The molecule has 0 amide bonds. The number of aromatic nitrogens is 2. The van der Waals surface area contributed by atoms with Crippen LogP contribution in [0.4, 0.5) is 5.69 Å². The second-order valence-electron chi connectivity index (χ2n) is 5.00. The maximum Gasteiger partial charge on any atom is 0.0955 e. The Morgan fingerprint density at radius 1 is 1.53 bits per heavy atom. The van der Waals surface area contributed by atoms with Crippen molar-refractivity contribution in [1.29, 1.82) is 0 Å². The van der Waals surface area contributed by atoms with Crippen molar-refractivity contribution in [2.45, 2.75) is 12.5 Å². The minimum atomic E-state index is 0.472. The molecule has 5 nitrogen and oxygen atoms in total. The quantitative estimate of drug-likeness (QED) is 0.871. The van der Waals surface area contributed by atoms with E-state index in [0.29, 0.717) is 6.04 Å². The van der Waals surface area contributed by atoms with Crippen molar-refractivity contribution in [1.82, 2.24) is 14.9 Å². The first-order chi connectivity index (χ1) is 9.33. The molecule has 0 bridgehead atoms. The van der Waals surface area contributed by atoms with Gasteiger partial charge in [-0.3, -0.25) is 0 Å².